The highest BCUT2D eigenvalue weighted by Crippen LogP contribution is 2.34. The Hall–Kier alpha value is -6.15. The molecule has 0 radical (unpaired) electrons. The summed E-state index contributed by atoms with van der Waals surface area (Å²) in [7, 11) is 1.60. The molecule has 0 aliphatic carbocycles. The molecule has 0 bridgehead atoms. The predicted octanol–water partition coefficient (Wildman–Crippen LogP) is 7.54. The standard InChI is InChI=1S/C37H30N4O4/c1-45-30-19-13-24(14-20-30)22-39-37(44)32-23-38-35-31(11-6-12-33(35)42)34(32)40-28-9-5-10-29(21-28)41-36(43)27-17-15-26(16-18-27)25-7-3-2-4-8-25/h2-21,23,42H,22H2,1H3,(H,38,40)(H,39,44)(H,41,43). The highest BCUT2D eigenvalue weighted by atomic mass is 16.5. The van der Waals surface area contributed by atoms with Gasteiger partial charge in [0.1, 0.15) is 17.0 Å². The van der Waals surface area contributed by atoms with Crippen LogP contribution in [0.3, 0.4) is 0 Å². The van der Waals surface area contributed by atoms with E-state index < -0.39 is 0 Å². The van der Waals surface area contributed by atoms with Crippen LogP contribution in [0.5, 0.6) is 11.5 Å². The summed E-state index contributed by atoms with van der Waals surface area (Å²) in [5, 5.41) is 20.3. The SMILES string of the molecule is COc1ccc(CNC(=O)c2cnc3c(O)cccc3c2Nc2cccc(NC(=O)c3ccc(-c4ccccc4)cc3)c2)cc1. The number of hydrogen-bond acceptors (Lipinski definition) is 6. The van der Waals surface area contributed by atoms with Crippen molar-refractivity contribution in [3.8, 4) is 22.6 Å². The number of fused-ring (bicyclic) bond motifs is 1. The highest BCUT2D eigenvalue weighted by molar-refractivity contribution is 6.09. The number of phenols is 1. The molecule has 0 fully saturated rings. The molecule has 2 amide bonds. The Kier molecular flexibility index (Phi) is 8.37. The van der Waals surface area contributed by atoms with Crippen LogP contribution in [0, 0.1) is 0 Å². The van der Waals surface area contributed by atoms with Gasteiger partial charge in [0.2, 0.25) is 0 Å². The van der Waals surface area contributed by atoms with Crippen LogP contribution in [0.1, 0.15) is 26.3 Å². The number of phenolic OH excluding ortho intramolecular Hbond substituents is 1. The van der Waals surface area contributed by atoms with Gasteiger partial charge >= 0.3 is 0 Å². The van der Waals surface area contributed by atoms with Crippen molar-refractivity contribution in [3.05, 3.63) is 144 Å². The molecule has 0 aliphatic rings. The van der Waals surface area contributed by atoms with Crippen LogP contribution in [-0.4, -0.2) is 29.0 Å². The second-order valence-electron chi connectivity index (χ2n) is 10.4. The number of nitrogens with zero attached hydrogens (tertiary/aromatic N) is 1. The van der Waals surface area contributed by atoms with E-state index >= 15 is 0 Å². The van der Waals surface area contributed by atoms with Gasteiger partial charge in [-0.1, -0.05) is 72.8 Å². The van der Waals surface area contributed by atoms with Crippen molar-refractivity contribution in [3.63, 3.8) is 0 Å². The number of pyridine rings is 1. The molecule has 0 spiro atoms. The molecule has 0 unspecified atom stereocenters. The van der Waals surface area contributed by atoms with Crippen LogP contribution in [0.2, 0.25) is 0 Å². The second kappa shape index (κ2) is 13.0. The number of hydrogen-bond donors (Lipinski definition) is 4. The lowest BCUT2D eigenvalue weighted by molar-refractivity contribution is 0.0950. The molecular weight excluding hydrogens is 564 g/mol. The Labute approximate surface area is 260 Å². The zero-order valence-electron chi connectivity index (χ0n) is 24.5. The Balaban J connectivity index is 1.22. The van der Waals surface area contributed by atoms with Crippen LogP contribution < -0.4 is 20.7 Å². The summed E-state index contributed by atoms with van der Waals surface area (Å²) < 4.78 is 5.21. The van der Waals surface area contributed by atoms with Crippen LogP contribution >= 0.6 is 0 Å². The van der Waals surface area contributed by atoms with Gasteiger partial charge in [-0.25, -0.2) is 0 Å². The number of ether oxygens (including phenoxy) is 1. The molecule has 1 aromatic heterocycles. The van der Waals surface area contributed by atoms with Crippen molar-refractivity contribution in [1.82, 2.24) is 10.3 Å². The minimum absolute atomic E-state index is 0.0000351. The Morgan fingerprint density at radius 3 is 2.22 bits per heavy atom. The second-order valence-corrected chi connectivity index (χ2v) is 10.4. The fourth-order valence-corrected chi connectivity index (χ4v) is 5.00. The van der Waals surface area contributed by atoms with Crippen molar-refractivity contribution in [2.75, 3.05) is 17.7 Å². The van der Waals surface area contributed by atoms with E-state index in [4.69, 9.17) is 4.74 Å². The van der Waals surface area contributed by atoms with E-state index in [9.17, 15) is 14.7 Å². The number of carbonyl (C=O) groups is 2. The van der Waals surface area contributed by atoms with E-state index in [-0.39, 0.29) is 17.6 Å². The molecule has 8 heteroatoms. The zero-order chi connectivity index (χ0) is 31.2. The Morgan fingerprint density at radius 1 is 0.756 bits per heavy atom. The van der Waals surface area contributed by atoms with Gasteiger partial charge in [0.15, 0.2) is 0 Å². The fraction of sp³-hybridized carbons (Fsp3) is 0.0541. The van der Waals surface area contributed by atoms with Crippen molar-refractivity contribution < 1.29 is 19.4 Å². The van der Waals surface area contributed by atoms with Gasteiger partial charge in [-0.15, -0.1) is 0 Å². The van der Waals surface area contributed by atoms with E-state index in [0.29, 0.717) is 45.6 Å². The molecule has 4 N–H and O–H groups in total. The molecule has 222 valence electrons. The molecule has 0 atom stereocenters. The maximum atomic E-state index is 13.4. The number of anilines is 3. The average molecular weight is 595 g/mol. The summed E-state index contributed by atoms with van der Waals surface area (Å²) in [6.45, 7) is 0.300. The molecule has 0 saturated carbocycles. The van der Waals surface area contributed by atoms with E-state index in [2.05, 4.69) is 20.9 Å². The summed E-state index contributed by atoms with van der Waals surface area (Å²) in [4.78, 5) is 30.9. The molecule has 1 heterocycles. The maximum Gasteiger partial charge on any atom is 0.255 e. The first-order chi connectivity index (χ1) is 22.0. The summed E-state index contributed by atoms with van der Waals surface area (Å²) in [5.41, 5.74) is 5.87. The van der Waals surface area contributed by atoms with Crippen LogP contribution in [0.4, 0.5) is 17.1 Å². The van der Waals surface area contributed by atoms with E-state index in [1.165, 1.54) is 6.20 Å². The number of amides is 2. The number of para-hydroxylation sites is 1. The summed E-state index contributed by atoms with van der Waals surface area (Å²) in [5.74, 6) is 0.147. The van der Waals surface area contributed by atoms with E-state index in [1.807, 2.05) is 72.8 Å². The topological polar surface area (TPSA) is 113 Å². The number of nitrogens with one attached hydrogen (secondary N) is 3. The van der Waals surface area contributed by atoms with Gasteiger partial charge in [-0.3, -0.25) is 14.6 Å². The van der Waals surface area contributed by atoms with Gasteiger partial charge in [0, 0.05) is 35.1 Å². The smallest absolute Gasteiger partial charge is 0.255 e. The number of rotatable bonds is 9. The quantitative estimate of drug-likeness (QED) is 0.138. The van der Waals surface area contributed by atoms with Gasteiger partial charge in [-0.05, 0) is 65.2 Å². The van der Waals surface area contributed by atoms with E-state index in [0.717, 1.165) is 22.4 Å². The predicted molar refractivity (Wildman–Crippen MR) is 177 cm³/mol. The zero-order valence-corrected chi connectivity index (χ0v) is 24.5. The van der Waals surface area contributed by atoms with Crippen LogP contribution in [-0.2, 0) is 6.54 Å². The minimum atomic E-state index is -0.338. The molecule has 5 aromatic carbocycles. The third kappa shape index (κ3) is 6.60. The number of aromatic nitrogens is 1. The lowest BCUT2D eigenvalue weighted by Crippen LogP contribution is -2.24. The molecule has 0 saturated heterocycles. The largest absolute Gasteiger partial charge is 0.506 e. The third-order valence-corrected chi connectivity index (χ3v) is 7.38. The van der Waals surface area contributed by atoms with Gasteiger partial charge in [0.05, 0.1) is 18.4 Å². The molecule has 6 aromatic rings. The van der Waals surface area contributed by atoms with Gasteiger partial charge < -0.3 is 25.8 Å². The lowest BCUT2D eigenvalue weighted by Gasteiger charge is -2.16. The first-order valence-electron chi connectivity index (χ1n) is 14.3. The molecule has 6 rings (SSSR count). The maximum absolute atomic E-state index is 13.4. The highest BCUT2D eigenvalue weighted by Gasteiger charge is 2.18. The van der Waals surface area contributed by atoms with E-state index in [1.54, 1.807) is 55.6 Å². The normalized spacial score (nSPS) is 10.7. The molecule has 45 heavy (non-hydrogen) atoms. The fourth-order valence-electron chi connectivity index (χ4n) is 5.00. The molecular formula is C37H30N4O4. The van der Waals surface area contributed by atoms with Crippen LogP contribution in [0.15, 0.2) is 128 Å². The van der Waals surface area contributed by atoms with Crippen molar-refractivity contribution in [2.24, 2.45) is 0 Å². The summed E-state index contributed by atoms with van der Waals surface area (Å²) in [6, 6.07) is 37.1. The number of carbonyl (C=O) groups excluding carboxylic acids is 2. The monoisotopic (exact) mass is 594 g/mol. The summed E-state index contributed by atoms with van der Waals surface area (Å²) >= 11 is 0. The van der Waals surface area contributed by atoms with Crippen molar-refractivity contribution >= 4 is 39.8 Å². The Bertz CT molecular complexity index is 1980. The number of methoxy groups -OCH3 is 1. The average Bonchev–Trinajstić information content (AvgIpc) is 3.08. The first kappa shape index (κ1) is 28.9. The van der Waals surface area contributed by atoms with Crippen molar-refractivity contribution in [1.29, 1.82) is 0 Å². The minimum Gasteiger partial charge on any atom is -0.506 e. The summed E-state index contributed by atoms with van der Waals surface area (Å²) in [6.07, 6.45) is 1.44. The number of aromatic hydroxyl groups is 1. The molecule has 8 nitrogen and oxygen atoms in total. The van der Waals surface area contributed by atoms with Gasteiger partial charge in [0.25, 0.3) is 11.8 Å². The number of benzene rings is 5. The first-order valence-corrected chi connectivity index (χ1v) is 14.3. The van der Waals surface area contributed by atoms with Crippen LogP contribution in [0.25, 0.3) is 22.0 Å². The van der Waals surface area contributed by atoms with Crippen molar-refractivity contribution in [2.45, 2.75) is 6.54 Å². The Morgan fingerprint density at radius 2 is 1.47 bits per heavy atom. The molecule has 0 aliphatic heterocycles. The lowest BCUT2D eigenvalue weighted by atomic mass is 10.0. The third-order valence-electron chi connectivity index (χ3n) is 7.38. The van der Waals surface area contributed by atoms with Gasteiger partial charge in [-0.2, -0.15) is 0 Å².